The van der Waals surface area contributed by atoms with Crippen molar-refractivity contribution in [3.05, 3.63) is 29.8 Å². The second-order valence-corrected chi connectivity index (χ2v) is 6.44. The van der Waals surface area contributed by atoms with Crippen LogP contribution in [0.1, 0.15) is 37.7 Å². The summed E-state index contributed by atoms with van der Waals surface area (Å²) in [5.74, 6) is 0.438. The van der Waals surface area contributed by atoms with Crippen molar-refractivity contribution in [2.75, 3.05) is 32.1 Å². The number of nitriles is 1. The van der Waals surface area contributed by atoms with E-state index in [1.54, 1.807) is 0 Å². The summed E-state index contributed by atoms with van der Waals surface area (Å²) >= 11 is 0. The fourth-order valence-corrected chi connectivity index (χ4v) is 2.82. The normalized spacial score (nSPS) is 16.9. The van der Waals surface area contributed by atoms with Crippen LogP contribution in [0.25, 0.3) is 0 Å². The molecule has 22 heavy (non-hydrogen) atoms. The van der Waals surface area contributed by atoms with Gasteiger partial charge in [0, 0.05) is 39.3 Å². The summed E-state index contributed by atoms with van der Waals surface area (Å²) in [5, 5.41) is 9.46. The Kier molecular flexibility index (Phi) is 5.43. The Morgan fingerprint density at radius 2 is 2.09 bits per heavy atom. The molecule has 1 saturated heterocycles. The molecular formula is C18H25N3O. The van der Waals surface area contributed by atoms with E-state index in [0.29, 0.717) is 5.92 Å². The SMILES string of the molecule is CC1CCN(C(=O)CC(C#N)c2cccc(N(C)C)c2)CC1. The maximum absolute atomic E-state index is 12.4. The van der Waals surface area contributed by atoms with Gasteiger partial charge in [-0.3, -0.25) is 4.79 Å². The van der Waals surface area contributed by atoms with Crippen molar-refractivity contribution in [2.45, 2.75) is 32.1 Å². The van der Waals surface area contributed by atoms with Crippen LogP contribution in [0.3, 0.4) is 0 Å². The van der Waals surface area contributed by atoms with Gasteiger partial charge in [0.2, 0.25) is 5.91 Å². The molecule has 0 radical (unpaired) electrons. The second-order valence-electron chi connectivity index (χ2n) is 6.44. The molecule has 0 aromatic heterocycles. The number of anilines is 1. The molecule has 1 fully saturated rings. The van der Waals surface area contributed by atoms with Gasteiger partial charge >= 0.3 is 0 Å². The number of carbonyl (C=O) groups excluding carboxylic acids is 1. The van der Waals surface area contributed by atoms with E-state index in [1.807, 2.05) is 48.2 Å². The monoisotopic (exact) mass is 299 g/mol. The first-order valence-corrected chi connectivity index (χ1v) is 7.96. The Balaban J connectivity index is 2.04. The van der Waals surface area contributed by atoms with Gasteiger partial charge in [-0.15, -0.1) is 0 Å². The van der Waals surface area contributed by atoms with Crippen LogP contribution < -0.4 is 4.90 Å². The van der Waals surface area contributed by atoms with Gasteiger partial charge in [-0.1, -0.05) is 19.1 Å². The van der Waals surface area contributed by atoms with Crippen LogP contribution in [0, 0.1) is 17.2 Å². The van der Waals surface area contributed by atoms with Gasteiger partial charge in [-0.05, 0) is 36.5 Å². The molecule has 1 unspecified atom stereocenters. The number of piperidine rings is 1. The average Bonchev–Trinajstić information content (AvgIpc) is 2.53. The van der Waals surface area contributed by atoms with E-state index in [0.717, 1.165) is 37.2 Å². The number of hydrogen-bond acceptors (Lipinski definition) is 3. The number of benzene rings is 1. The lowest BCUT2D eigenvalue weighted by Crippen LogP contribution is -2.38. The number of amides is 1. The van der Waals surface area contributed by atoms with Gasteiger partial charge in [0.15, 0.2) is 0 Å². The summed E-state index contributed by atoms with van der Waals surface area (Å²) < 4.78 is 0. The number of hydrogen-bond donors (Lipinski definition) is 0. The summed E-state index contributed by atoms with van der Waals surface area (Å²) in [4.78, 5) is 16.4. The molecule has 1 aromatic rings. The van der Waals surface area contributed by atoms with Gasteiger partial charge in [-0.2, -0.15) is 5.26 Å². The van der Waals surface area contributed by atoms with Gasteiger partial charge in [0.1, 0.15) is 0 Å². The third kappa shape index (κ3) is 4.00. The minimum atomic E-state index is -0.369. The lowest BCUT2D eigenvalue weighted by atomic mass is 9.94. The Labute approximate surface area is 133 Å². The summed E-state index contributed by atoms with van der Waals surface area (Å²) in [6.07, 6.45) is 2.42. The zero-order valence-corrected chi connectivity index (χ0v) is 13.7. The molecule has 0 spiro atoms. The molecule has 118 valence electrons. The molecule has 1 aliphatic rings. The zero-order valence-electron chi connectivity index (χ0n) is 13.7. The Morgan fingerprint density at radius 1 is 1.41 bits per heavy atom. The van der Waals surface area contributed by atoms with Gasteiger partial charge in [-0.25, -0.2) is 0 Å². The van der Waals surface area contributed by atoms with Crippen LogP contribution in [-0.4, -0.2) is 38.0 Å². The van der Waals surface area contributed by atoms with Crippen molar-refractivity contribution in [1.82, 2.24) is 4.90 Å². The molecule has 2 rings (SSSR count). The topological polar surface area (TPSA) is 47.3 Å². The Bertz CT molecular complexity index is 554. The quantitative estimate of drug-likeness (QED) is 0.858. The smallest absolute Gasteiger partial charge is 0.224 e. The lowest BCUT2D eigenvalue weighted by molar-refractivity contribution is -0.132. The fourth-order valence-electron chi connectivity index (χ4n) is 2.82. The molecule has 0 aliphatic carbocycles. The number of likely N-dealkylation sites (tertiary alicyclic amines) is 1. The molecular weight excluding hydrogens is 274 g/mol. The Hall–Kier alpha value is -2.02. The zero-order chi connectivity index (χ0) is 16.1. The highest BCUT2D eigenvalue weighted by molar-refractivity contribution is 5.77. The summed E-state index contributed by atoms with van der Waals surface area (Å²) in [7, 11) is 3.95. The molecule has 4 heteroatoms. The van der Waals surface area contributed by atoms with E-state index in [-0.39, 0.29) is 18.2 Å². The molecule has 1 atom stereocenters. The average molecular weight is 299 g/mol. The van der Waals surface area contributed by atoms with E-state index in [1.165, 1.54) is 0 Å². The van der Waals surface area contributed by atoms with E-state index in [4.69, 9.17) is 0 Å². The molecule has 0 saturated carbocycles. The van der Waals surface area contributed by atoms with Crippen molar-refractivity contribution >= 4 is 11.6 Å². The van der Waals surface area contributed by atoms with Gasteiger partial charge in [0.05, 0.1) is 12.0 Å². The van der Waals surface area contributed by atoms with E-state index in [9.17, 15) is 10.1 Å². The number of rotatable bonds is 4. The van der Waals surface area contributed by atoms with Gasteiger partial charge < -0.3 is 9.80 Å². The highest BCUT2D eigenvalue weighted by Crippen LogP contribution is 2.25. The lowest BCUT2D eigenvalue weighted by Gasteiger charge is -2.31. The number of nitrogens with zero attached hydrogens (tertiary/aromatic N) is 3. The van der Waals surface area contributed by atoms with E-state index >= 15 is 0 Å². The molecule has 1 heterocycles. The first kappa shape index (κ1) is 16.4. The minimum Gasteiger partial charge on any atom is -0.378 e. The van der Waals surface area contributed by atoms with Crippen LogP contribution in [-0.2, 0) is 4.79 Å². The first-order valence-electron chi connectivity index (χ1n) is 7.96. The molecule has 1 aromatic carbocycles. The second kappa shape index (κ2) is 7.31. The van der Waals surface area contributed by atoms with Crippen LogP contribution in [0.15, 0.2) is 24.3 Å². The maximum Gasteiger partial charge on any atom is 0.224 e. The van der Waals surface area contributed by atoms with Crippen LogP contribution in [0.4, 0.5) is 5.69 Å². The molecule has 1 amide bonds. The van der Waals surface area contributed by atoms with E-state index < -0.39 is 0 Å². The standard InChI is InChI=1S/C18H25N3O/c1-14-7-9-21(10-8-14)18(22)12-16(13-19)15-5-4-6-17(11-15)20(2)3/h4-6,11,14,16H,7-10,12H2,1-3H3. The van der Waals surface area contributed by atoms with Crippen LogP contribution >= 0.6 is 0 Å². The molecule has 0 N–H and O–H groups in total. The summed E-state index contributed by atoms with van der Waals surface area (Å²) in [6.45, 7) is 3.89. The van der Waals surface area contributed by atoms with Gasteiger partial charge in [0.25, 0.3) is 0 Å². The molecule has 0 bridgehead atoms. The fraction of sp³-hybridized carbons (Fsp3) is 0.556. The van der Waals surface area contributed by atoms with Crippen molar-refractivity contribution in [1.29, 1.82) is 5.26 Å². The third-order valence-electron chi connectivity index (χ3n) is 4.46. The predicted molar refractivity (Wildman–Crippen MR) is 88.7 cm³/mol. The number of carbonyl (C=O) groups is 1. The van der Waals surface area contributed by atoms with Crippen LogP contribution in [0.2, 0.25) is 0 Å². The van der Waals surface area contributed by atoms with Crippen molar-refractivity contribution < 1.29 is 4.79 Å². The van der Waals surface area contributed by atoms with E-state index in [2.05, 4.69) is 13.0 Å². The molecule has 1 aliphatic heterocycles. The Morgan fingerprint density at radius 3 is 2.68 bits per heavy atom. The van der Waals surface area contributed by atoms with Crippen LogP contribution in [0.5, 0.6) is 0 Å². The highest BCUT2D eigenvalue weighted by atomic mass is 16.2. The summed E-state index contributed by atoms with van der Waals surface area (Å²) in [6, 6.07) is 10.2. The predicted octanol–water partition coefficient (Wildman–Crippen LogP) is 3.01. The summed E-state index contributed by atoms with van der Waals surface area (Å²) in [5.41, 5.74) is 1.98. The maximum atomic E-state index is 12.4. The highest BCUT2D eigenvalue weighted by Gasteiger charge is 2.24. The van der Waals surface area contributed by atoms with Crippen molar-refractivity contribution in [3.63, 3.8) is 0 Å². The van der Waals surface area contributed by atoms with Crippen molar-refractivity contribution in [3.8, 4) is 6.07 Å². The largest absolute Gasteiger partial charge is 0.378 e. The third-order valence-corrected chi connectivity index (χ3v) is 4.46. The molecule has 4 nitrogen and oxygen atoms in total. The minimum absolute atomic E-state index is 0.105. The van der Waals surface area contributed by atoms with Crippen molar-refractivity contribution in [2.24, 2.45) is 5.92 Å². The first-order chi connectivity index (χ1) is 10.5.